The van der Waals surface area contributed by atoms with E-state index >= 15 is 0 Å². The van der Waals surface area contributed by atoms with Gasteiger partial charge < -0.3 is 10.2 Å². The molecule has 1 heterocycles. The van der Waals surface area contributed by atoms with E-state index in [9.17, 15) is 0 Å². The zero-order chi connectivity index (χ0) is 11.5. The van der Waals surface area contributed by atoms with Gasteiger partial charge in [-0.25, -0.2) is 0 Å². The number of rotatable bonds is 1. The summed E-state index contributed by atoms with van der Waals surface area (Å²) in [5.74, 6) is 0. The first-order valence-corrected chi connectivity index (χ1v) is 5.77. The summed E-state index contributed by atoms with van der Waals surface area (Å²) in [7, 11) is 0. The quantitative estimate of drug-likeness (QED) is 0.810. The van der Waals surface area contributed by atoms with E-state index in [1.165, 1.54) is 0 Å². The first-order chi connectivity index (χ1) is 7.72. The van der Waals surface area contributed by atoms with Crippen molar-refractivity contribution in [1.82, 2.24) is 5.32 Å². The van der Waals surface area contributed by atoms with Crippen molar-refractivity contribution in [3.05, 3.63) is 28.8 Å². The zero-order valence-electron chi connectivity index (χ0n) is 9.20. The smallest absolute Gasteiger partial charge is 0.101 e. The second-order valence-corrected chi connectivity index (χ2v) is 4.43. The lowest BCUT2D eigenvalue weighted by Crippen LogP contribution is -2.49. The van der Waals surface area contributed by atoms with Gasteiger partial charge in [-0.15, -0.1) is 0 Å². The Balaban J connectivity index is 2.27. The zero-order valence-corrected chi connectivity index (χ0v) is 9.96. The summed E-state index contributed by atoms with van der Waals surface area (Å²) < 4.78 is 0. The van der Waals surface area contributed by atoms with Gasteiger partial charge in [0.25, 0.3) is 0 Å². The molecule has 0 bridgehead atoms. The Bertz CT molecular complexity index is 425. The lowest BCUT2D eigenvalue weighted by atomic mass is 10.1. The Kier molecular flexibility index (Phi) is 3.33. The highest BCUT2D eigenvalue weighted by atomic mass is 35.5. The van der Waals surface area contributed by atoms with Crippen molar-refractivity contribution in [2.75, 3.05) is 24.5 Å². The van der Waals surface area contributed by atoms with E-state index in [4.69, 9.17) is 16.9 Å². The van der Waals surface area contributed by atoms with Crippen LogP contribution >= 0.6 is 11.6 Å². The van der Waals surface area contributed by atoms with Gasteiger partial charge >= 0.3 is 0 Å². The average Bonchev–Trinajstić information content (AvgIpc) is 2.29. The van der Waals surface area contributed by atoms with Crippen molar-refractivity contribution >= 4 is 17.3 Å². The van der Waals surface area contributed by atoms with E-state index in [2.05, 4.69) is 23.2 Å². The van der Waals surface area contributed by atoms with Crippen LogP contribution in [0.5, 0.6) is 0 Å². The largest absolute Gasteiger partial charge is 0.366 e. The Hall–Kier alpha value is -1.24. The van der Waals surface area contributed by atoms with Gasteiger partial charge in [0.2, 0.25) is 0 Å². The molecule has 1 aromatic carbocycles. The van der Waals surface area contributed by atoms with E-state index in [0.717, 1.165) is 25.3 Å². The van der Waals surface area contributed by atoms with Crippen LogP contribution in [0.4, 0.5) is 5.69 Å². The molecule has 1 N–H and O–H groups in total. The van der Waals surface area contributed by atoms with Crippen LogP contribution in [-0.4, -0.2) is 25.7 Å². The van der Waals surface area contributed by atoms with Crippen molar-refractivity contribution in [3.8, 4) is 6.07 Å². The minimum absolute atomic E-state index is 0.456. The molecule has 1 atom stereocenters. The molecule has 0 unspecified atom stereocenters. The Labute approximate surface area is 101 Å². The number of hydrogen-bond donors (Lipinski definition) is 1. The summed E-state index contributed by atoms with van der Waals surface area (Å²) in [4.78, 5) is 2.31. The SMILES string of the molecule is C[C@@H]1CNCCN1c1ccc(C#N)c(Cl)c1. The van der Waals surface area contributed by atoms with Gasteiger partial charge in [-0.05, 0) is 25.1 Å². The predicted molar refractivity (Wildman–Crippen MR) is 65.8 cm³/mol. The van der Waals surface area contributed by atoms with Crippen LogP contribution in [-0.2, 0) is 0 Å². The highest BCUT2D eigenvalue weighted by molar-refractivity contribution is 6.32. The van der Waals surface area contributed by atoms with Crippen LogP contribution in [0.2, 0.25) is 5.02 Å². The number of nitriles is 1. The van der Waals surface area contributed by atoms with E-state index in [0.29, 0.717) is 16.6 Å². The molecular formula is C12H14ClN3. The molecule has 0 aliphatic carbocycles. The van der Waals surface area contributed by atoms with Gasteiger partial charge in [-0.3, -0.25) is 0 Å². The fourth-order valence-corrected chi connectivity index (χ4v) is 2.22. The number of hydrogen-bond acceptors (Lipinski definition) is 3. The average molecular weight is 236 g/mol. The molecular weight excluding hydrogens is 222 g/mol. The summed E-state index contributed by atoms with van der Waals surface area (Å²) in [5, 5.41) is 12.7. The summed E-state index contributed by atoms with van der Waals surface area (Å²) >= 11 is 6.03. The first kappa shape index (κ1) is 11.3. The van der Waals surface area contributed by atoms with Crippen LogP contribution < -0.4 is 10.2 Å². The number of nitrogens with zero attached hydrogens (tertiary/aromatic N) is 2. The van der Waals surface area contributed by atoms with Crippen LogP contribution in [0, 0.1) is 11.3 Å². The molecule has 4 heteroatoms. The fourth-order valence-electron chi connectivity index (χ4n) is 2.00. The van der Waals surface area contributed by atoms with Crippen LogP contribution in [0.15, 0.2) is 18.2 Å². The number of nitrogens with one attached hydrogen (secondary N) is 1. The molecule has 0 saturated carbocycles. The normalized spacial score (nSPS) is 20.6. The Morgan fingerprint density at radius 2 is 2.38 bits per heavy atom. The van der Waals surface area contributed by atoms with Crippen molar-refractivity contribution in [2.45, 2.75) is 13.0 Å². The fraction of sp³-hybridized carbons (Fsp3) is 0.417. The van der Waals surface area contributed by atoms with Crippen LogP contribution in [0.3, 0.4) is 0 Å². The highest BCUT2D eigenvalue weighted by Crippen LogP contribution is 2.25. The third-order valence-electron chi connectivity index (χ3n) is 2.91. The van der Waals surface area contributed by atoms with Crippen LogP contribution in [0.25, 0.3) is 0 Å². The van der Waals surface area contributed by atoms with Gasteiger partial charge in [-0.1, -0.05) is 11.6 Å². The number of piperazine rings is 1. The van der Waals surface area contributed by atoms with E-state index < -0.39 is 0 Å². The standard InChI is InChI=1S/C12H14ClN3/c1-9-8-15-4-5-16(9)11-3-2-10(7-14)12(13)6-11/h2-3,6,9,15H,4-5,8H2,1H3/t9-/m1/s1. The maximum atomic E-state index is 8.81. The molecule has 0 aromatic heterocycles. The predicted octanol–water partition coefficient (Wildman–Crippen LogP) is 2.01. The van der Waals surface area contributed by atoms with Crippen molar-refractivity contribution in [1.29, 1.82) is 5.26 Å². The maximum Gasteiger partial charge on any atom is 0.101 e. The lowest BCUT2D eigenvalue weighted by molar-refractivity contribution is 0.501. The van der Waals surface area contributed by atoms with Gasteiger partial charge in [0.15, 0.2) is 0 Å². The second kappa shape index (κ2) is 4.73. The molecule has 2 rings (SSSR count). The summed E-state index contributed by atoms with van der Waals surface area (Å²) in [6.07, 6.45) is 0. The summed E-state index contributed by atoms with van der Waals surface area (Å²) in [6.45, 7) is 5.13. The molecule has 1 aliphatic heterocycles. The topological polar surface area (TPSA) is 39.1 Å². The molecule has 84 valence electrons. The van der Waals surface area contributed by atoms with Gasteiger partial charge in [0.05, 0.1) is 10.6 Å². The molecule has 3 nitrogen and oxygen atoms in total. The molecule has 0 spiro atoms. The number of halogens is 1. The van der Waals surface area contributed by atoms with Crippen LogP contribution in [0.1, 0.15) is 12.5 Å². The molecule has 1 aliphatic rings. The Morgan fingerprint density at radius 1 is 1.56 bits per heavy atom. The minimum Gasteiger partial charge on any atom is -0.366 e. The second-order valence-electron chi connectivity index (χ2n) is 4.02. The van der Waals surface area contributed by atoms with Crippen molar-refractivity contribution < 1.29 is 0 Å². The van der Waals surface area contributed by atoms with Gasteiger partial charge in [0, 0.05) is 31.4 Å². The van der Waals surface area contributed by atoms with Gasteiger partial charge in [-0.2, -0.15) is 5.26 Å². The summed E-state index contributed by atoms with van der Waals surface area (Å²) in [5.41, 5.74) is 1.63. The lowest BCUT2D eigenvalue weighted by Gasteiger charge is -2.36. The molecule has 0 radical (unpaired) electrons. The van der Waals surface area contributed by atoms with Gasteiger partial charge in [0.1, 0.15) is 6.07 Å². The maximum absolute atomic E-state index is 8.81. The molecule has 1 aromatic rings. The molecule has 1 saturated heterocycles. The third-order valence-corrected chi connectivity index (χ3v) is 3.22. The molecule has 16 heavy (non-hydrogen) atoms. The summed E-state index contributed by atoms with van der Waals surface area (Å²) in [6, 6.07) is 8.16. The minimum atomic E-state index is 0.456. The first-order valence-electron chi connectivity index (χ1n) is 5.39. The molecule has 0 amide bonds. The van der Waals surface area contributed by atoms with Crippen molar-refractivity contribution in [2.24, 2.45) is 0 Å². The van der Waals surface area contributed by atoms with E-state index in [1.807, 2.05) is 12.1 Å². The number of benzene rings is 1. The highest BCUT2D eigenvalue weighted by Gasteiger charge is 2.18. The van der Waals surface area contributed by atoms with Crippen molar-refractivity contribution in [3.63, 3.8) is 0 Å². The Morgan fingerprint density at radius 3 is 3.00 bits per heavy atom. The van der Waals surface area contributed by atoms with E-state index in [1.54, 1.807) is 6.07 Å². The van der Waals surface area contributed by atoms with E-state index in [-0.39, 0.29) is 0 Å². The third kappa shape index (κ3) is 2.13. The monoisotopic (exact) mass is 235 g/mol. The molecule has 1 fully saturated rings. The number of anilines is 1.